The highest BCUT2D eigenvalue weighted by molar-refractivity contribution is 7.99. The third-order valence-corrected chi connectivity index (χ3v) is 3.61. The molecule has 3 nitrogen and oxygen atoms in total. The number of benzene rings is 1. The molecule has 0 aliphatic heterocycles. The van der Waals surface area contributed by atoms with Crippen LogP contribution in [0.25, 0.3) is 11.3 Å². The van der Waals surface area contributed by atoms with Crippen LogP contribution < -0.4 is 0 Å². The van der Waals surface area contributed by atoms with Gasteiger partial charge in [0.1, 0.15) is 0 Å². The maximum atomic E-state index is 11.0. The molecule has 94 valence electrons. The van der Waals surface area contributed by atoms with E-state index in [-0.39, 0.29) is 0 Å². The van der Waals surface area contributed by atoms with Gasteiger partial charge in [0.2, 0.25) is 0 Å². The first-order valence-corrected chi connectivity index (χ1v) is 6.74. The van der Waals surface area contributed by atoms with E-state index in [4.69, 9.17) is 0 Å². The fraction of sp³-hybridized carbons (Fsp3) is 0.286. The van der Waals surface area contributed by atoms with Crippen LogP contribution in [0.5, 0.6) is 0 Å². The van der Waals surface area contributed by atoms with Crippen molar-refractivity contribution in [2.75, 3.05) is 0 Å². The molecular weight excluding hydrogens is 244 g/mol. The van der Waals surface area contributed by atoms with E-state index >= 15 is 0 Å². The number of aldehydes is 1. The van der Waals surface area contributed by atoms with Crippen molar-refractivity contribution < 1.29 is 4.79 Å². The smallest absolute Gasteiger partial charge is 0.153 e. The van der Waals surface area contributed by atoms with Crippen molar-refractivity contribution in [3.05, 3.63) is 36.0 Å². The highest BCUT2D eigenvalue weighted by atomic mass is 32.2. The molecule has 0 amide bonds. The molecule has 0 saturated heterocycles. The van der Waals surface area contributed by atoms with Crippen LogP contribution >= 0.6 is 11.8 Å². The van der Waals surface area contributed by atoms with Gasteiger partial charge in [0, 0.05) is 22.8 Å². The Morgan fingerprint density at radius 1 is 1.28 bits per heavy atom. The van der Waals surface area contributed by atoms with Gasteiger partial charge >= 0.3 is 0 Å². The lowest BCUT2D eigenvalue weighted by Crippen LogP contribution is -1.95. The van der Waals surface area contributed by atoms with Crippen LogP contribution in [0.3, 0.4) is 0 Å². The average Bonchev–Trinajstić information content (AvgIpc) is 2.71. The molecule has 0 aliphatic carbocycles. The van der Waals surface area contributed by atoms with E-state index in [1.165, 1.54) is 4.90 Å². The zero-order valence-corrected chi connectivity index (χ0v) is 11.6. The van der Waals surface area contributed by atoms with Crippen LogP contribution in [-0.4, -0.2) is 21.3 Å². The van der Waals surface area contributed by atoms with E-state index in [2.05, 4.69) is 31.1 Å². The highest BCUT2D eigenvalue weighted by Crippen LogP contribution is 2.27. The van der Waals surface area contributed by atoms with Crippen LogP contribution in [0.4, 0.5) is 0 Å². The summed E-state index contributed by atoms with van der Waals surface area (Å²) in [5.74, 6) is 0. The van der Waals surface area contributed by atoms with E-state index in [1.54, 1.807) is 10.9 Å². The lowest BCUT2D eigenvalue weighted by Gasteiger charge is -2.07. The number of aromatic nitrogens is 2. The zero-order valence-electron chi connectivity index (χ0n) is 10.8. The van der Waals surface area contributed by atoms with E-state index in [1.807, 2.05) is 30.9 Å². The molecule has 0 aliphatic rings. The van der Waals surface area contributed by atoms with Crippen molar-refractivity contribution in [2.45, 2.75) is 24.0 Å². The van der Waals surface area contributed by atoms with Crippen molar-refractivity contribution >= 4 is 18.0 Å². The summed E-state index contributed by atoms with van der Waals surface area (Å²) in [4.78, 5) is 12.2. The Balaban J connectivity index is 2.34. The Morgan fingerprint density at radius 3 is 2.50 bits per heavy atom. The quantitative estimate of drug-likeness (QED) is 0.624. The van der Waals surface area contributed by atoms with Gasteiger partial charge in [-0.25, -0.2) is 0 Å². The van der Waals surface area contributed by atoms with Crippen LogP contribution in [0.15, 0.2) is 35.4 Å². The Morgan fingerprint density at radius 2 is 1.94 bits per heavy atom. The second kappa shape index (κ2) is 5.40. The zero-order chi connectivity index (χ0) is 13.1. The molecule has 1 aromatic carbocycles. The molecule has 0 N–H and O–H groups in total. The molecule has 0 fully saturated rings. The maximum absolute atomic E-state index is 11.0. The van der Waals surface area contributed by atoms with Gasteiger partial charge in [0.05, 0.1) is 17.5 Å². The molecule has 1 aromatic heterocycles. The second-order valence-electron chi connectivity index (χ2n) is 4.38. The summed E-state index contributed by atoms with van der Waals surface area (Å²) >= 11 is 1.83. The molecule has 2 rings (SSSR count). The summed E-state index contributed by atoms with van der Waals surface area (Å²) in [6.45, 7) is 4.34. The normalized spacial score (nSPS) is 10.9. The third-order valence-electron chi connectivity index (χ3n) is 2.59. The fourth-order valence-electron chi connectivity index (χ4n) is 1.86. The second-order valence-corrected chi connectivity index (χ2v) is 6.03. The maximum Gasteiger partial charge on any atom is 0.153 e. The van der Waals surface area contributed by atoms with Crippen molar-refractivity contribution in [1.29, 1.82) is 0 Å². The first-order chi connectivity index (χ1) is 8.61. The lowest BCUT2D eigenvalue weighted by molar-refractivity contribution is 0.112. The van der Waals surface area contributed by atoms with E-state index < -0.39 is 0 Å². The van der Waals surface area contributed by atoms with Gasteiger partial charge in [0.15, 0.2) is 6.29 Å². The van der Waals surface area contributed by atoms with Gasteiger partial charge in [-0.05, 0) is 12.1 Å². The Kier molecular flexibility index (Phi) is 3.87. The minimum Gasteiger partial charge on any atom is -0.298 e. The molecule has 4 heteroatoms. The largest absolute Gasteiger partial charge is 0.298 e. The first kappa shape index (κ1) is 12.9. The number of nitrogens with zero attached hydrogens (tertiary/aromatic N) is 2. The molecule has 0 atom stereocenters. The highest BCUT2D eigenvalue weighted by Gasteiger charge is 2.10. The third kappa shape index (κ3) is 2.64. The number of hydrogen-bond donors (Lipinski definition) is 0. The van der Waals surface area contributed by atoms with E-state index in [0.717, 1.165) is 17.5 Å². The number of hydrogen-bond acceptors (Lipinski definition) is 3. The van der Waals surface area contributed by atoms with E-state index in [9.17, 15) is 4.79 Å². The number of thioether (sulfide) groups is 1. The number of rotatable bonds is 4. The number of aryl methyl sites for hydroxylation is 1. The molecule has 1 heterocycles. The molecule has 0 spiro atoms. The van der Waals surface area contributed by atoms with Crippen LogP contribution in [0, 0.1) is 0 Å². The molecule has 2 aromatic rings. The van der Waals surface area contributed by atoms with Gasteiger partial charge < -0.3 is 0 Å². The molecule has 0 bridgehead atoms. The van der Waals surface area contributed by atoms with Crippen molar-refractivity contribution in [2.24, 2.45) is 7.05 Å². The SMILES string of the molecule is CC(C)Sc1ccc(-c2c(C=O)cnn2C)cc1. The Bertz CT molecular complexity index is 543. The van der Waals surface area contributed by atoms with Crippen molar-refractivity contribution in [3.63, 3.8) is 0 Å². The minimum atomic E-state index is 0.568. The van der Waals surface area contributed by atoms with Gasteiger partial charge in [-0.3, -0.25) is 9.48 Å². The summed E-state index contributed by atoms with van der Waals surface area (Å²) in [5, 5.41) is 4.68. The predicted molar refractivity (Wildman–Crippen MR) is 75.0 cm³/mol. The Hall–Kier alpha value is -1.55. The summed E-state index contributed by atoms with van der Waals surface area (Å²) in [6, 6.07) is 8.24. The van der Waals surface area contributed by atoms with Gasteiger partial charge in [-0.15, -0.1) is 11.8 Å². The first-order valence-electron chi connectivity index (χ1n) is 5.86. The molecule has 18 heavy (non-hydrogen) atoms. The summed E-state index contributed by atoms with van der Waals surface area (Å²) in [7, 11) is 1.85. The predicted octanol–water partition coefficient (Wildman–Crippen LogP) is 3.40. The van der Waals surface area contributed by atoms with Crippen molar-refractivity contribution in [3.8, 4) is 11.3 Å². The monoisotopic (exact) mass is 260 g/mol. The molecule has 0 radical (unpaired) electrons. The van der Waals surface area contributed by atoms with E-state index in [0.29, 0.717) is 10.8 Å². The van der Waals surface area contributed by atoms with Crippen molar-refractivity contribution in [1.82, 2.24) is 9.78 Å². The van der Waals surface area contributed by atoms with Crippen LogP contribution in [0.2, 0.25) is 0 Å². The van der Waals surface area contributed by atoms with Crippen LogP contribution in [0.1, 0.15) is 24.2 Å². The molecule has 0 saturated carbocycles. The summed E-state index contributed by atoms with van der Waals surface area (Å²) in [5.41, 5.74) is 2.51. The van der Waals surface area contributed by atoms with Crippen LogP contribution in [-0.2, 0) is 7.05 Å². The molecular formula is C14H16N2OS. The number of carbonyl (C=O) groups is 1. The fourth-order valence-corrected chi connectivity index (χ4v) is 2.70. The van der Waals surface area contributed by atoms with Gasteiger partial charge in [0.25, 0.3) is 0 Å². The standard InChI is InChI=1S/C14H16N2OS/c1-10(2)18-13-6-4-11(5-7-13)14-12(9-17)8-15-16(14)3/h4-10H,1-3H3. The lowest BCUT2D eigenvalue weighted by atomic mass is 10.1. The molecule has 0 unspecified atom stereocenters. The summed E-state index contributed by atoms with van der Waals surface area (Å²) < 4.78 is 1.73. The Labute approximate surface area is 111 Å². The van der Waals surface area contributed by atoms with Gasteiger partial charge in [-0.2, -0.15) is 5.10 Å². The topological polar surface area (TPSA) is 34.9 Å². The van der Waals surface area contributed by atoms with Gasteiger partial charge in [-0.1, -0.05) is 26.0 Å². The average molecular weight is 260 g/mol. The summed E-state index contributed by atoms with van der Waals surface area (Å²) in [6.07, 6.45) is 2.44. The minimum absolute atomic E-state index is 0.568. The number of carbonyl (C=O) groups excluding carboxylic acids is 1.